The number of ketones is 1. The van der Waals surface area contributed by atoms with Gasteiger partial charge >= 0.3 is 0 Å². The number of rotatable bonds is 8. The molecule has 1 atom stereocenters. The largest absolute Gasteiger partial charge is 0.872 e. The summed E-state index contributed by atoms with van der Waals surface area (Å²) in [6.07, 6.45) is 1.98. The van der Waals surface area contributed by atoms with Crippen LogP contribution in [0.5, 0.6) is 0 Å². The molecule has 0 radical (unpaired) electrons. The van der Waals surface area contributed by atoms with Crippen LogP contribution in [0.15, 0.2) is 66.4 Å². The summed E-state index contributed by atoms with van der Waals surface area (Å²) < 4.78 is 1.59. The van der Waals surface area contributed by atoms with Crippen LogP contribution in [0.3, 0.4) is 0 Å². The van der Waals surface area contributed by atoms with E-state index in [-0.39, 0.29) is 23.4 Å². The number of carbonyl (C=O) groups excluding carboxylic acids is 2. The van der Waals surface area contributed by atoms with Crippen molar-refractivity contribution in [1.82, 2.24) is 14.7 Å². The van der Waals surface area contributed by atoms with Crippen molar-refractivity contribution in [2.75, 3.05) is 27.2 Å². The summed E-state index contributed by atoms with van der Waals surface area (Å²) in [5.41, 5.74) is 1.41. The fraction of sp³-hybridized carbons (Fsp3) is 0.269. The van der Waals surface area contributed by atoms with Gasteiger partial charge in [-0.1, -0.05) is 36.1 Å². The molecule has 1 amide bonds. The first kappa shape index (κ1) is 24.8. The number of Topliss-reactive ketones (excluding diaryl/α,β-unsaturated/α-hetero) is 1. The lowest BCUT2D eigenvalue weighted by atomic mass is 9.95. The standard InChI is InChI=1S/C26H27N5O5/c1-17-21(16-27-30(17)19-10-5-4-6-11-19)24(32)22-23(18-9-7-12-20(15-18)31(35)36)29(26(34)25(22)33)14-8-13-28(2)3/h4-7,9-12,15-16,23,32H,8,13-14H2,1-3H3. The molecule has 0 bridgehead atoms. The van der Waals surface area contributed by atoms with Gasteiger partial charge in [-0.25, -0.2) is 4.68 Å². The molecule has 10 heteroatoms. The molecule has 1 saturated heterocycles. The van der Waals surface area contributed by atoms with E-state index in [1.807, 2.05) is 44.4 Å². The molecule has 0 saturated carbocycles. The number of aromatic nitrogens is 2. The van der Waals surface area contributed by atoms with E-state index in [0.29, 0.717) is 17.7 Å². The summed E-state index contributed by atoms with van der Waals surface area (Å²) >= 11 is 0. The van der Waals surface area contributed by atoms with Crippen LogP contribution in [-0.2, 0) is 9.59 Å². The van der Waals surface area contributed by atoms with Crippen LogP contribution in [0.25, 0.3) is 11.4 Å². The average Bonchev–Trinajstić information content (AvgIpc) is 3.36. The number of hydrogen-bond acceptors (Lipinski definition) is 6. The van der Waals surface area contributed by atoms with E-state index in [1.54, 1.807) is 17.7 Å². The zero-order valence-electron chi connectivity index (χ0n) is 20.3. The third kappa shape index (κ3) is 4.63. The number of benzene rings is 2. The Labute approximate surface area is 208 Å². The lowest BCUT2D eigenvalue weighted by molar-refractivity contribution is -0.858. The maximum absolute atomic E-state index is 13.8. The van der Waals surface area contributed by atoms with Crippen LogP contribution in [0.1, 0.15) is 29.3 Å². The molecule has 0 aliphatic carbocycles. The second-order valence-corrected chi connectivity index (χ2v) is 9.03. The smallest absolute Gasteiger partial charge is 0.295 e. The number of nitro groups is 1. The van der Waals surface area contributed by atoms with E-state index < -0.39 is 28.4 Å². The third-order valence-electron chi connectivity index (χ3n) is 6.26. The number of likely N-dealkylation sites (tertiary alicyclic amines) is 1. The zero-order valence-corrected chi connectivity index (χ0v) is 20.3. The summed E-state index contributed by atoms with van der Waals surface area (Å²) in [5, 5.41) is 29.5. The van der Waals surface area contributed by atoms with Gasteiger partial charge in [-0.05, 0) is 24.6 Å². The minimum absolute atomic E-state index is 0.183. The minimum atomic E-state index is -1.02. The summed E-state index contributed by atoms with van der Waals surface area (Å²) in [6, 6.07) is 13.9. The van der Waals surface area contributed by atoms with Gasteiger partial charge in [-0.3, -0.25) is 19.7 Å². The molecule has 186 valence electrons. The molecule has 3 aromatic rings. The summed E-state index contributed by atoms with van der Waals surface area (Å²) in [5.74, 6) is -2.28. The Hall–Kier alpha value is -4.31. The Morgan fingerprint density at radius 1 is 1.11 bits per heavy atom. The molecule has 0 spiro atoms. The fourth-order valence-electron chi connectivity index (χ4n) is 4.47. The zero-order chi connectivity index (χ0) is 26.0. The normalized spacial score (nSPS) is 17.2. The molecule has 1 aromatic heterocycles. The van der Waals surface area contributed by atoms with Gasteiger partial charge in [-0.2, -0.15) is 5.10 Å². The lowest BCUT2D eigenvalue weighted by Gasteiger charge is -2.27. The van der Waals surface area contributed by atoms with Crippen LogP contribution in [0, 0.1) is 17.0 Å². The molecular formula is C26H27N5O5. The van der Waals surface area contributed by atoms with E-state index in [4.69, 9.17) is 0 Å². The average molecular weight is 490 g/mol. The molecule has 2 aromatic carbocycles. The number of nitrogens with one attached hydrogen (secondary N) is 1. The van der Waals surface area contributed by atoms with Crippen molar-refractivity contribution in [1.29, 1.82) is 0 Å². The van der Waals surface area contributed by atoms with Crippen LogP contribution < -0.4 is 10.0 Å². The van der Waals surface area contributed by atoms with Crippen molar-refractivity contribution in [3.8, 4) is 5.69 Å². The van der Waals surface area contributed by atoms with Crippen LogP contribution in [-0.4, -0.2) is 58.5 Å². The predicted molar refractivity (Wildman–Crippen MR) is 130 cm³/mol. The van der Waals surface area contributed by atoms with E-state index in [9.17, 15) is 24.8 Å². The topological polar surface area (TPSA) is 126 Å². The maximum atomic E-state index is 13.8. The highest BCUT2D eigenvalue weighted by molar-refractivity contribution is 6.46. The number of nitro benzene ring substituents is 1. The number of non-ortho nitro benzene ring substituents is 1. The Morgan fingerprint density at radius 3 is 2.50 bits per heavy atom. The second-order valence-electron chi connectivity index (χ2n) is 9.03. The number of hydrogen-bond donors (Lipinski definition) is 1. The summed E-state index contributed by atoms with van der Waals surface area (Å²) in [7, 11) is 3.95. The highest BCUT2D eigenvalue weighted by Crippen LogP contribution is 2.40. The van der Waals surface area contributed by atoms with Gasteiger partial charge in [0.2, 0.25) is 5.78 Å². The minimum Gasteiger partial charge on any atom is -0.872 e. The van der Waals surface area contributed by atoms with Gasteiger partial charge in [0.15, 0.2) is 0 Å². The quantitative estimate of drug-likeness (QED) is 0.164. The number of amides is 1. The number of carbonyl (C=O) groups is 2. The SMILES string of the molecule is Cc1c(C([O-])=C2C(=O)C(=O)N(CCC[NH+](C)C)C2c2cccc([N+](=O)[O-])c2)cnn1-c1ccccc1. The van der Waals surface area contributed by atoms with Crippen molar-refractivity contribution in [2.24, 2.45) is 0 Å². The van der Waals surface area contributed by atoms with Gasteiger partial charge in [0.05, 0.1) is 43.5 Å². The molecule has 2 heterocycles. The van der Waals surface area contributed by atoms with E-state index >= 15 is 0 Å². The van der Waals surface area contributed by atoms with Crippen LogP contribution in [0.2, 0.25) is 0 Å². The number of para-hydroxylation sites is 1. The van der Waals surface area contributed by atoms with Gasteiger partial charge in [0.25, 0.3) is 11.6 Å². The van der Waals surface area contributed by atoms with Crippen molar-refractivity contribution >= 4 is 23.1 Å². The molecule has 10 nitrogen and oxygen atoms in total. The molecule has 1 unspecified atom stereocenters. The summed E-state index contributed by atoms with van der Waals surface area (Å²) in [4.78, 5) is 39.7. The third-order valence-corrected chi connectivity index (χ3v) is 6.26. The first-order chi connectivity index (χ1) is 17.2. The molecular weight excluding hydrogens is 462 g/mol. The van der Waals surface area contributed by atoms with Gasteiger partial charge in [-0.15, -0.1) is 0 Å². The van der Waals surface area contributed by atoms with Gasteiger partial charge < -0.3 is 14.9 Å². The second kappa shape index (κ2) is 10.1. The molecule has 1 fully saturated rings. The molecule has 1 aliphatic rings. The Morgan fingerprint density at radius 2 is 1.83 bits per heavy atom. The van der Waals surface area contributed by atoms with Crippen LogP contribution >= 0.6 is 0 Å². The van der Waals surface area contributed by atoms with Crippen molar-refractivity contribution < 1.29 is 24.5 Å². The fourth-order valence-corrected chi connectivity index (χ4v) is 4.47. The number of quaternary nitrogens is 1. The monoisotopic (exact) mass is 489 g/mol. The number of nitrogens with zero attached hydrogens (tertiary/aromatic N) is 4. The maximum Gasteiger partial charge on any atom is 0.295 e. The first-order valence-corrected chi connectivity index (χ1v) is 11.6. The first-order valence-electron chi connectivity index (χ1n) is 11.6. The van der Waals surface area contributed by atoms with E-state index in [2.05, 4.69) is 5.10 Å². The van der Waals surface area contributed by atoms with Crippen molar-refractivity contribution in [2.45, 2.75) is 19.4 Å². The van der Waals surface area contributed by atoms with E-state index in [1.165, 1.54) is 34.2 Å². The van der Waals surface area contributed by atoms with Crippen molar-refractivity contribution in [3.63, 3.8) is 0 Å². The van der Waals surface area contributed by atoms with Crippen LogP contribution in [0.4, 0.5) is 5.69 Å². The molecule has 1 N–H and O–H groups in total. The molecule has 1 aliphatic heterocycles. The van der Waals surface area contributed by atoms with Gasteiger partial charge in [0.1, 0.15) is 0 Å². The molecule has 4 rings (SSSR count). The Kier molecular flexibility index (Phi) is 6.98. The van der Waals surface area contributed by atoms with Crippen molar-refractivity contribution in [3.05, 3.63) is 93.3 Å². The lowest BCUT2D eigenvalue weighted by Crippen LogP contribution is -3.05. The van der Waals surface area contributed by atoms with Gasteiger partial charge in [0, 0.05) is 41.9 Å². The van der Waals surface area contributed by atoms with E-state index in [0.717, 1.165) is 12.2 Å². The molecule has 36 heavy (non-hydrogen) atoms. The highest BCUT2D eigenvalue weighted by atomic mass is 16.6. The summed E-state index contributed by atoms with van der Waals surface area (Å²) in [6.45, 7) is 2.70. The predicted octanol–water partition coefficient (Wildman–Crippen LogP) is 0.848. The Bertz CT molecular complexity index is 1350. The Balaban J connectivity index is 1.84. The highest BCUT2D eigenvalue weighted by Gasteiger charge is 2.44.